The Morgan fingerprint density at radius 3 is 2.47 bits per heavy atom. The van der Waals surface area contributed by atoms with Gasteiger partial charge in [-0.25, -0.2) is 0 Å². The molecule has 1 saturated heterocycles. The van der Waals surface area contributed by atoms with E-state index >= 15 is 0 Å². The van der Waals surface area contributed by atoms with Crippen LogP contribution in [0.25, 0.3) is 0 Å². The van der Waals surface area contributed by atoms with Crippen molar-refractivity contribution in [3.05, 3.63) is 11.3 Å². The first-order valence-corrected chi connectivity index (χ1v) is 6.05. The van der Waals surface area contributed by atoms with Crippen molar-refractivity contribution in [2.45, 2.75) is 51.7 Å². The number of ketones is 1. The Bertz CT molecular complexity index is 446. The van der Waals surface area contributed by atoms with Crippen LogP contribution < -0.4 is 0 Å². The van der Waals surface area contributed by atoms with Crippen molar-refractivity contribution in [1.29, 1.82) is 0 Å². The Labute approximate surface area is 100.0 Å². The Kier molecular flexibility index (Phi) is 1.98. The van der Waals surface area contributed by atoms with Crippen LogP contribution in [0.4, 0.5) is 0 Å². The maximum Gasteiger partial charge on any atom is 0.309 e. The number of carbonyl (C=O) groups is 2. The molecular formula is C13H16O4. The molecule has 1 fully saturated rings. The summed E-state index contributed by atoms with van der Waals surface area (Å²) in [5.41, 5.74) is 0.698. The number of carbonyl (C=O) groups excluding carboxylic acids is 2. The summed E-state index contributed by atoms with van der Waals surface area (Å²) in [6.07, 6.45) is 2.71. The first kappa shape index (κ1) is 10.8. The number of esters is 1. The van der Waals surface area contributed by atoms with E-state index in [1.807, 2.05) is 0 Å². The van der Waals surface area contributed by atoms with Crippen molar-refractivity contribution in [3.63, 3.8) is 0 Å². The van der Waals surface area contributed by atoms with Gasteiger partial charge in [0.25, 0.3) is 5.79 Å². The SMILES string of the molecule is CC1(C)CC(=O)C2=C(C1)OC1(CCC(=O)O1)C2. The predicted octanol–water partition coefficient (Wildman–Crippen LogP) is 2.08. The number of hydrogen-bond donors (Lipinski definition) is 0. The third-order valence-electron chi connectivity index (χ3n) is 3.72. The minimum absolute atomic E-state index is 0.0515. The quantitative estimate of drug-likeness (QED) is 0.604. The average Bonchev–Trinajstić information content (AvgIpc) is 2.69. The second kappa shape index (κ2) is 3.12. The normalized spacial score (nSPS) is 34.9. The Hall–Kier alpha value is -1.32. The largest absolute Gasteiger partial charge is 0.456 e. The lowest BCUT2D eigenvalue weighted by Crippen LogP contribution is -2.27. The van der Waals surface area contributed by atoms with Gasteiger partial charge in [-0.15, -0.1) is 0 Å². The monoisotopic (exact) mass is 236 g/mol. The second-order valence-corrected chi connectivity index (χ2v) is 6.01. The average molecular weight is 236 g/mol. The molecule has 0 N–H and O–H groups in total. The van der Waals surface area contributed by atoms with Gasteiger partial charge in [0.2, 0.25) is 0 Å². The lowest BCUT2D eigenvalue weighted by Gasteiger charge is -2.29. The topological polar surface area (TPSA) is 52.6 Å². The van der Waals surface area contributed by atoms with Crippen LogP contribution in [0.1, 0.15) is 46.0 Å². The summed E-state index contributed by atoms with van der Waals surface area (Å²) in [5.74, 6) is -0.175. The molecule has 0 aromatic carbocycles. The lowest BCUT2D eigenvalue weighted by atomic mass is 9.76. The van der Waals surface area contributed by atoms with Gasteiger partial charge >= 0.3 is 5.97 Å². The first-order valence-electron chi connectivity index (χ1n) is 6.05. The molecule has 17 heavy (non-hydrogen) atoms. The molecule has 1 spiro atoms. The van der Waals surface area contributed by atoms with E-state index in [0.29, 0.717) is 25.7 Å². The molecule has 3 rings (SSSR count). The van der Waals surface area contributed by atoms with E-state index in [9.17, 15) is 9.59 Å². The fourth-order valence-electron chi connectivity index (χ4n) is 2.92. The van der Waals surface area contributed by atoms with E-state index in [0.717, 1.165) is 17.8 Å². The molecule has 1 atom stereocenters. The van der Waals surface area contributed by atoms with Crippen LogP contribution in [0.15, 0.2) is 11.3 Å². The molecule has 0 aromatic heterocycles. The van der Waals surface area contributed by atoms with E-state index in [1.165, 1.54) is 0 Å². The molecule has 4 nitrogen and oxygen atoms in total. The zero-order valence-corrected chi connectivity index (χ0v) is 10.2. The number of ether oxygens (including phenoxy) is 2. The highest BCUT2D eigenvalue weighted by Crippen LogP contribution is 2.49. The summed E-state index contributed by atoms with van der Waals surface area (Å²) in [7, 11) is 0. The molecule has 0 radical (unpaired) electrons. The highest BCUT2D eigenvalue weighted by molar-refractivity contribution is 5.98. The van der Waals surface area contributed by atoms with Gasteiger partial charge in [-0.2, -0.15) is 0 Å². The first-order chi connectivity index (χ1) is 7.89. The van der Waals surface area contributed by atoms with Crippen LogP contribution in [-0.4, -0.2) is 17.5 Å². The van der Waals surface area contributed by atoms with Gasteiger partial charge in [-0.1, -0.05) is 13.8 Å². The van der Waals surface area contributed by atoms with Crippen molar-refractivity contribution >= 4 is 11.8 Å². The molecule has 1 unspecified atom stereocenters. The number of hydrogen-bond acceptors (Lipinski definition) is 4. The van der Waals surface area contributed by atoms with Crippen LogP contribution in [0.3, 0.4) is 0 Å². The van der Waals surface area contributed by atoms with Gasteiger partial charge in [0, 0.05) is 24.8 Å². The van der Waals surface area contributed by atoms with Crippen molar-refractivity contribution in [3.8, 4) is 0 Å². The molecular weight excluding hydrogens is 220 g/mol. The summed E-state index contributed by atoms with van der Waals surface area (Å²) in [6, 6.07) is 0. The van der Waals surface area contributed by atoms with E-state index in [4.69, 9.17) is 9.47 Å². The molecule has 0 saturated carbocycles. The second-order valence-electron chi connectivity index (χ2n) is 6.01. The molecule has 3 aliphatic rings. The van der Waals surface area contributed by atoms with Gasteiger partial charge in [-0.3, -0.25) is 9.59 Å². The fourth-order valence-corrected chi connectivity index (χ4v) is 2.92. The highest BCUT2D eigenvalue weighted by atomic mass is 16.7. The summed E-state index contributed by atoms with van der Waals surface area (Å²) in [4.78, 5) is 23.2. The van der Waals surface area contributed by atoms with Crippen LogP contribution in [-0.2, 0) is 19.1 Å². The van der Waals surface area contributed by atoms with Crippen LogP contribution >= 0.6 is 0 Å². The predicted molar refractivity (Wildman–Crippen MR) is 58.8 cm³/mol. The zero-order chi connectivity index (χ0) is 12.3. The van der Waals surface area contributed by atoms with Gasteiger partial charge < -0.3 is 9.47 Å². The minimum atomic E-state index is -0.849. The van der Waals surface area contributed by atoms with Crippen molar-refractivity contribution in [2.24, 2.45) is 5.41 Å². The molecule has 0 bridgehead atoms. The minimum Gasteiger partial charge on any atom is -0.456 e. The summed E-state index contributed by atoms with van der Waals surface area (Å²) >= 11 is 0. The van der Waals surface area contributed by atoms with E-state index in [1.54, 1.807) is 0 Å². The molecule has 2 aliphatic heterocycles. The van der Waals surface area contributed by atoms with Gasteiger partial charge in [-0.05, 0) is 5.41 Å². The Morgan fingerprint density at radius 2 is 1.82 bits per heavy atom. The molecule has 1 aliphatic carbocycles. The Morgan fingerprint density at radius 1 is 1.06 bits per heavy atom. The zero-order valence-electron chi connectivity index (χ0n) is 10.2. The smallest absolute Gasteiger partial charge is 0.309 e. The highest BCUT2D eigenvalue weighted by Gasteiger charge is 2.52. The fraction of sp³-hybridized carbons (Fsp3) is 0.692. The van der Waals surface area contributed by atoms with E-state index < -0.39 is 5.79 Å². The number of Topliss-reactive ketones (excluding diaryl/α,β-unsaturated/α-hetero) is 1. The third-order valence-corrected chi connectivity index (χ3v) is 3.72. The van der Waals surface area contributed by atoms with E-state index in [2.05, 4.69) is 13.8 Å². The lowest BCUT2D eigenvalue weighted by molar-refractivity contribution is -0.188. The van der Waals surface area contributed by atoms with Crippen molar-refractivity contribution in [2.75, 3.05) is 0 Å². The molecule has 0 amide bonds. The van der Waals surface area contributed by atoms with Crippen molar-refractivity contribution < 1.29 is 19.1 Å². The van der Waals surface area contributed by atoms with E-state index in [-0.39, 0.29) is 17.2 Å². The van der Waals surface area contributed by atoms with Gasteiger partial charge in [0.05, 0.1) is 12.8 Å². The maximum atomic E-state index is 12.0. The van der Waals surface area contributed by atoms with Crippen molar-refractivity contribution in [1.82, 2.24) is 0 Å². The van der Waals surface area contributed by atoms with Gasteiger partial charge in [0.15, 0.2) is 5.78 Å². The third kappa shape index (κ3) is 1.66. The standard InChI is InChI=1S/C13H16O4/c1-12(2)6-9(14)8-5-13(16-10(8)7-12)4-3-11(15)17-13/h3-7H2,1-2H3. The van der Waals surface area contributed by atoms with Crippen LogP contribution in [0.2, 0.25) is 0 Å². The van der Waals surface area contributed by atoms with Crippen LogP contribution in [0, 0.1) is 5.41 Å². The number of rotatable bonds is 0. The summed E-state index contributed by atoms with van der Waals surface area (Å²) < 4.78 is 11.1. The maximum absolute atomic E-state index is 12.0. The molecule has 0 aromatic rings. The van der Waals surface area contributed by atoms with Gasteiger partial charge in [0.1, 0.15) is 5.76 Å². The molecule has 4 heteroatoms. The summed E-state index contributed by atoms with van der Waals surface area (Å²) in [6.45, 7) is 4.12. The summed E-state index contributed by atoms with van der Waals surface area (Å²) in [5, 5.41) is 0. The molecule has 92 valence electrons. The Balaban J connectivity index is 1.87. The molecule has 2 heterocycles. The number of allylic oxidation sites excluding steroid dienone is 1. The van der Waals surface area contributed by atoms with Crippen LogP contribution in [0.5, 0.6) is 0 Å².